The van der Waals surface area contributed by atoms with Gasteiger partial charge in [0.15, 0.2) is 0 Å². The van der Waals surface area contributed by atoms with Crippen LogP contribution in [0.2, 0.25) is 0 Å². The Morgan fingerprint density at radius 3 is 2.73 bits per heavy atom. The predicted octanol–water partition coefficient (Wildman–Crippen LogP) is 2.32. The molecule has 2 N–H and O–H groups in total. The molecule has 0 saturated carbocycles. The van der Waals surface area contributed by atoms with Gasteiger partial charge in [-0.3, -0.25) is 4.79 Å². The Hall–Kier alpha value is -2.03. The summed E-state index contributed by atoms with van der Waals surface area (Å²) in [6.45, 7) is 1.94. The molecule has 0 atom stereocenters. The summed E-state index contributed by atoms with van der Waals surface area (Å²) in [7, 11) is 0. The first kappa shape index (κ1) is 8.29. The molecule has 0 radical (unpaired) electrons. The van der Waals surface area contributed by atoms with Crippen LogP contribution in [0.4, 0.5) is 0 Å². The maximum atomic E-state index is 11.4. The second-order valence-electron chi connectivity index (χ2n) is 3.74. The van der Waals surface area contributed by atoms with Crippen molar-refractivity contribution in [3.8, 4) is 0 Å². The third-order valence-electron chi connectivity index (χ3n) is 2.70. The minimum Gasteiger partial charge on any atom is -0.353 e. The summed E-state index contributed by atoms with van der Waals surface area (Å²) >= 11 is 0. The lowest BCUT2D eigenvalue weighted by molar-refractivity contribution is 1.28. The summed E-state index contributed by atoms with van der Waals surface area (Å²) in [5.74, 6) is 0. The highest BCUT2D eigenvalue weighted by Gasteiger charge is 2.06. The van der Waals surface area contributed by atoms with Gasteiger partial charge in [-0.1, -0.05) is 18.2 Å². The van der Waals surface area contributed by atoms with E-state index in [-0.39, 0.29) is 5.56 Å². The zero-order valence-electron chi connectivity index (χ0n) is 8.29. The van der Waals surface area contributed by atoms with Crippen LogP contribution in [0.3, 0.4) is 0 Å². The maximum absolute atomic E-state index is 11.4. The standard InChI is InChI=1S/C12H10N2O/c1-7-6-10(15)14-12-8-4-2-3-5-9(8)13-11(7)12/h2-6,13H,1H3,(H,14,15). The minimum absolute atomic E-state index is 0.0512. The molecule has 0 aliphatic rings. The fraction of sp³-hybridized carbons (Fsp3) is 0.0833. The Morgan fingerprint density at radius 1 is 1.07 bits per heavy atom. The smallest absolute Gasteiger partial charge is 0.248 e. The van der Waals surface area contributed by atoms with Gasteiger partial charge in [0.25, 0.3) is 0 Å². The third-order valence-corrected chi connectivity index (χ3v) is 2.70. The first-order valence-electron chi connectivity index (χ1n) is 4.86. The summed E-state index contributed by atoms with van der Waals surface area (Å²) in [5.41, 5.74) is 3.89. The summed E-state index contributed by atoms with van der Waals surface area (Å²) in [5, 5.41) is 1.06. The van der Waals surface area contributed by atoms with E-state index in [0.29, 0.717) is 0 Å². The first-order chi connectivity index (χ1) is 7.25. The fourth-order valence-electron chi connectivity index (χ4n) is 2.00. The van der Waals surface area contributed by atoms with Crippen molar-refractivity contribution in [3.05, 3.63) is 46.2 Å². The highest BCUT2D eigenvalue weighted by Crippen LogP contribution is 2.23. The van der Waals surface area contributed by atoms with Crippen LogP contribution < -0.4 is 5.56 Å². The van der Waals surface area contributed by atoms with Gasteiger partial charge in [-0.15, -0.1) is 0 Å². The van der Waals surface area contributed by atoms with Gasteiger partial charge in [-0.05, 0) is 18.6 Å². The Balaban J connectivity index is 2.66. The molecule has 3 heteroatoms. The number of hydrogen-bond donors (Lipinski definition) is 2. The van der Waals surface area contributed by atoms with Crippen LogP contribution in [0.15, 0.2) is 35.1 Å². The second-order valence-corrected chi connectivity index (χ2v) is 3.74. The van der Waals surface area contributed by atoms with Gasteiger partial charge in [-0.2, -0.15) is 0 Å². The van der Waals surface area contributed by atoms with Crippen LogP contribution in [0.25, 0.3) is 21.9 Å². The molecule has 3 rings (SSSR count). The molecular weight excluding hydrogens is 188 g/mol. The monoisotopic (exact) mass is 198 g/mol. The van der Waals surface area contributed by atoms with E-state index in [0.717, 1.165) is 27.5 Å². The molecule has 74 valence electrons. The van der Waals surface area contributed by atoms with E-state index >= 15 is 0 Å². The number of benzene rings is 1. The topological polar surface area (TPSA) is 48.6 Å². The Morgan fingerprint density at radius 2 is 1.87 bits per heavy atom. The average Bonchev–Trinajstić information content (AvgIpc) is 2.57. The van der Waals surface area contributed by atoms with Gasteiger partial charge >= 0.3 is 0 Å². The summed E-state index contributed by atoms with van der Waals surface area (Å²) in [6.07, 6.45) is 0. The van der Waals surface area contributed by atoms with Crippen LogP contribution in [0.1, 0.15) is 5.56 Å². The van der Waals surface area contributed by atoms with Gasteiger partial charge in [-0.25, -0.2) is 0 Å². The van der Waals surface area contributed by atoms with Crippen LogP contribution >= 0.6 is 0 Å². The van der Waals surface area contributed by atoms with E-state index in [1.54, 1.807) is 6.07 Å². The molecule has 0 bridgehead atoms. The number of rotatable bonds is 0. The normalized spacial score (nSPS) is 11.3. The van der Waals surface area contributed by atoms with E-state index in [4.69, 9.17) is 0 Å². The number of aryl methyl sites for hydroxylation is 1. The number of fused-ring (bicyclic) bond motifs is 3. The second kappa shape index (κ2) is 2.73. The minimum atomic E-state index is -0.0512. The van der Waals surface area contributed by atoms with Crippen LogP contribution in [-0.2, 0) is 0 Å². The predicted molar refractivity (Wildman–Crippen MR) is 61.2 cm³/mol. The average molecular weight is 198 g/mol. The molecule has 0 saturated heterocycles. The molecule has 2 aromatic heterocycles. The van der Waals surface area contributed by atoms with Gasteiger partial charge in [0.05, 0.1) is 11.0 Å². The third kappa shape index (κ3) is 1.09. The number of aromatic nitrogens is 2. The van der Waals surface area contributed by atoms with E-state index in [9.17, 15) is 4.79 Å². The van der Waals surface area contributed by atoms with Crippen LogP contribution in [0, 0.1) is 6.92 Å². The fourth-order valence-corrected chi connectivity index (χ4v) is 2.00. The van der Waals surface area contributed by atoms with Gasteiger partial charge in [0.2, 0.25) is 5.56 Å². The number of aromatic amines is 2. The van der Waals surface area contributed by atoms with Crippen LogP contribution in [0.5, 0.6) is 0 Å². The van der Waals surface area contributed by atoms with Crippen molar-refractivity contribution in [2.24, 2.45) is 0 Å². The highest BCUT2D eigenvalue weighted by molar-refractivity contribution is 6.05. The van der Waals surface area contributed by atoms with Gasteiger partial charge < -0.3 is 9.97 Å². The van der Waals surface area contributed by atoms with Gasteiger partial charge in [0.1, 0.15) is 0 Å². The molecule has 0 spiro atoms. The van der Waals surface area contributed by atoms with Crippen molar-refractivity contribution in [2.45, 2.75) is 6.92 Å². The summed E-state index contributed by atoms with van der Waals surface area (Å²) < 4.78 is 0. The molecule has 0 unspecified atom stereocenters. The van der Waals surface area contributed by atoms with Crippen molar-refractivity contribution in [3.63, 3.8) is 0 Å². The number of hydrogen-bond acceptors (Lipinski definition) is 1. The zero-order valence-corrected chi connectivity index (χ0v) is 8.29. The Bertz CT molecular complexity index is 706. The van der Waals surface area contributed by atoms with Crippen molar-refractivity contribution in [1.29, 1.82) is 0 Å². The van der Waals surface area contributed by atoms with Crippen molar-refractivity contribution in [2.75, 3.05) is 0 Å². The van der Waals surface area contributed by atoms with E-state index in [1.165, 1.54) is 0 Å². The van der Waals surface area contributed by atoms with Gasteiger partial charge in [0, 0.05) is 17.0 Å². The Kier molecular flexibility index (Phi) is 1.51. The molecule has 2 heterocycles. The maximum Gasteiger partial charge on any atom is 0.248 e. The van der Waals surface area contributed by atoms with E-state index in [2.05, 4.69) is 9.97 Å². The molecule has 0 amide bonds. The lowest BCUT2D eigenvalue weighted by Gasteiger charge is -1.93. The molecule has 0 aliphatic carbocycles. The quantitative estimate of drug-likeness (QED) is 0.572. The molecule has 0 fully saturated rings. The molecule has 15 heavy (non-hydrogen) atoms. The van der Waals surface area contributed by atoms with Crippen molar-refractivity contribution >= 4 is 21.9 Å². The lowest BCUT2D eigenvalue weighted by atomic mass is 10.2. The number of para-hydroxylation sites is 1. The highest BCUT2D eigenvalue weighted by atomic mass is 16.1. The van der Waals surface area contributed by atoms with Crippen LogP contribution in [-0.4, -0.2) is 9.97 Å². The summed E-state index contributed by atoms with van der Waals surface area (Å²) in [6, 6.07) is 9.57. The zero-order chi connectivity index (χ0) is 10.4. The molecule has 3 aromatic rings. The molecule has 0 aliphatic heterocycles. The van der Waals surface area contributed by atoms with E-state index in [1.807, 2.05) is 31.2 Å². The lowest BCUT2D eigenvalue weighted by Crippen LogP contribution is -2.03. The molecule has 3 nitrogen and oxygen atoms in total. The summed E-state index contributed by atoms with van der Waals surface area (Å²) in [4.78, 5) is 17.5. The number of pyridine rings is 1. The van der Waals surface area contributed by atoms with E-state index < -0.39 is 0 Å². The number of nitrogens with one attached hydrogen (secondary N) is 2. The first-order valence-corrected chi connectivity index (χ1v) is 4.86. The SMILES string of the molecule is Cc1cc(=O)[nH]c2c1[nH]c1ccccc12. The largest absolute Gasteiger partial charge is 0.353 e. The van der Waals surface area contributed by atoms with Crippen molar-refractivity contribution in [1.82, 2.24) is 9.97 Å². The number of H-pyrrole nitrogens is 2. The molecule has 1 aromatic carbocycles. The Labute approximate surface area is 85.8 Å². The molecular formula is C12H10N2O. The van der Waals surface area contributed by atoms with Crippen molar-refractivity contribution < 1.29 is 0 Å².